The Hall–Kier alpha value is -3.45. The number of pyridine rings is 2. The van der Waals surface area contributed by atoms with Crippen molar-refractivity contribution in [2.75, 3.05) is 13.7 Å². The zero-order valence-electron chi connectivity index (χ0n) is 16.3. The molecule has 0 atom stereocenters. The minimum atomic E-state index is -0.470. The van der Waals surface area contributed by atoms with Crippen molar-refractivity contribution in [3.63, 3.8) is 0 Å². The summed E-state index contributed by atoms with van der Waals surface area (Å²) in [6, 6.07) is 11.5. The SMILES string of the molecule is CCOC(=O)c1ncc2[nH]c3cccc(OCc4ccccn4)c3c2c1COC. The summed E-state index contributed by atoms with van der Waals surface area (Å²) >= 11 is 0. The molecule has 0 aliphatic rings. The Morgan fingerprint density at radius 1 is 1.03 bits per heavy atom. The lowest BCUT2D eigenvalue weighted by Crippen LogP contribution is -2.11. The molecule has 0 saturated carbocycles. The molecular weight excluding hydrogens is 370 g/mol. The van der Waals surface area contributed by atoms with Gasteiger partial charge in [-0.05, 0) is 31.2 Å². The van der Waals surface area contributed by atoms with Crippen molar-refractivity contribution in [2.24, 2.45) is 0 Å². The lowest BCUT2D eigenvalue weighted by molar-refractivity contribution is 0.0514. The van der Waals surface area contributed by atoms with Crippen molar-refractivity contribution in [3.05, 3.63) is 65.7 Å². The fourth-order valence-electron chi connectivity index (χ4n) is 3.39. The average molecular weight is 391 g/mol. The van der Waals surface area contributed by atoms with Gasteiger partial charge in [-0.3, -0.25) is 4.98 Å². The van der Waals surface area contributed by atoms with Gasteiger partial charge in [0.15, 0.2) is 5.69 Å². The van der Waals surface area contributed by atoms with E-state index in [2.05, 4.69) is 15.0 Å². The third kappa shape index (κ3) is 3.64. The first-order chi connectivity index (χ1) is 14.2. The molecule has 0 bridgehead atoms. The van der Waals surface area contributed by atoms with Gasteiger partial charge in [-0.2, -0.15) is 0 Å². The first kappa shape index (κ1) is 18.9. The number of hydrogen-bond donors (Lipinski definition) is 1. The number of aromatic amines is 1. The van der Waals surface area contributed by atoms with E-state index in [1.54, 1.807) is 26.4 Å². The summed E-state index contributed by atoms with van der Waals surface area (Å²) in [6.45, 7) is 2.60. The molecule has 4 rings (SSSR count). The number of rotatable bonds is 7. The van der Waals surface area contributed by atoms with E-state index in [1.807, 2.05) is 36.4 Å². The molecule has 3 aromatic heterocycles. The van der Waals surface area contributed by atoms with E-state index in [1.165, 1.54) is 0 Å². The number of nitrogens with one attached hydrogen (secondary N) is 1. The smallest absolute Gasteiger partial charge is 0.357 e. The van der Waals surface area contributed by atoms with Crippen LogP contribution in [0.25, 0.3) is 21.8 Å². The van der Waals surface area contributed by atoms with Crippen molar-refractivity contribution in [1.29, 1.82) is 0 Å². The molecule has 148 valence electrons. The summed E-state index contributed by atoms with van der Waals surface area (Å²) in [7, 11) is 1.58. The Morgan fingerprint density at radius 2 is 1.93 bits per heavy atom. The van der Waals surface area contributed by atoms with Crippen LogP contribution in [-0.2, 0) is 22.7 Å². The maximum atomic E-state index is 12.4. The van der Waals surface area contributed by atoms with Crippen molar-refractivity contribution < 1.29 is 19.0 Å². The van der Waals surface area contributed by atoms with Gasteiger partial charge in [0.2, 0.25) is 0 Å². The number of nitrogens with zero attached hydrogens (tertiary/aromatic N) is 2. The van der Waals surface area contributed by atoms with Crippen LogP contribution < -0.4 is 4.74 Å². The van der Waals surface area contributed by atoms with E-state index in [0.717, 1.165) is 27.5 Å². The molecule has 4 aromatic rings. The monoisotopic (exact) mass is 391 g/mol. The molecule has 0 saturated heterocycles. The maximum Gasteiger partial charge on any atom is 0.357 e. The Morgan fingerprint density at radius 3 is 2.69 bits per heavy atom. The molecule has 1 aromatic carbocycles. The van der Waals surface area contributed by atoms with Crippen LogP contribution in [0.2, 0.25) is 0 Å². The molecule has 7 heteroatoms. The van der Waals surface area contributed by atoms with Crippen LogP contribution in [-0.4, -0.2) is 34.6 Å². The number of ether oxygens (including phenoxy) is 3. The second-order valence-electron chi connectivity index (χ2n) is 6.44. The molecule has 29 heavy (non-hydrogen) atoms. The van der Waals surface area contributed by atoms with E-state index in [9.17, 15) is 4.79 Å². The van der Waals surface area contributed by atoms with Gasteiger partial charge < -0.3 is 19.2 Å². The topological polar surface area (TPSA) is 86.3 Å². The van der Waals surface area contributed by atoms with E-state index in [-0.39, 0.29) is 18.9 Å². The second kappa shape index (κ2) is 8.28. The molecular formula is C22H21N3O4. The number of fused-ring (bicyclic) bond motifs is 3. The van der Waals surface area contributed by atoms with Crippen molar-refractivity contribution in [1.82, 2.24) is 15.0 Å². The van der Waals surface area contributed by atoms with Crippen LogP contribution in [0.15, 0.2) is 48.8 Å². The highest BCUT2D eigenvalue weighted by atomic mass is 16.5. The summed E-state index contributed by atoms with van der Waals surface area (Å²) in [4.78, 5) is 24.4. The van der Waals surface area contributed by atoms with E-state index >= 15 is 0 Å². The predicted octanol–water partition coefficient (Wildman–Crippen LogP) is 4.01. The highest BCUT2D eigenvalue weighted by molar-refractivity contribution is 6.13. The van der Waals surface area contributed by atoms with E-state index in [4.69, 9.17) is 14.2 Å². The Kier molecular flexibility index (Phi) is 5.39. The quantitative estimate of drug-likeness (QED) is 0.479. The zero-order valence-corrected chi connectivity index (χ0v) is 16.3. The number of benzene rings is 1. The number of H-pyrrole nitrogens is 1. The summed E-state index contributed by atoms with van der Waals surface area (Å²) in [5.74, 6) is 0.223. The third-order valence-corrected chi connectivity index (χ3v) is 4.58. The zero-order chi connectivity index (χ0) is 20.2. The second-order valence-corrected chi connectivity index (χ2v) is 6.44. The highest BCUT2D eigenvalue weighted by Gasteiger charge is 2.21. The minimum Gasteiger partial charge on any atom is -0.487 e. The molecule has 0 spiro atoms. The Labute approximate surface area is 167 Å². The summed E-state index contributed by atoms with van der Waals surface area (Å²) in [5, 5.41) is 1.72. The van der Waals surface area contributed by atoms with Gasteiger partial charge >= 0.3 is 5.97 Å². The molecule has 1 N–H and O–H groups in total. The van der Waals surface area contributed by atoms with Gasteiger partial charge in [0.25, 0.3) is 0 Å². The average Bonchev–Trinajstić information content (AvgIpc) is 3.13. The maximum absolute atomic E-state index is 12.4. The molecule has 0 amide bonds. The van der Waals surface area contributed by atoms with Gasteiger partial charge in [0, 0.05) is 29.6 Å². The largest absolute Gasteiger partial charge is 0.487 e. The summed E-state index contributed by atoms with van der Waals surface area (Å²) in [5.41, 5.74) is 3.44. The van der Waals surface area contributed by atoms with Gasteiger partial charge in [-0.1, -0.05) is 12.1 Å². The molecule has 0 unspecified atom stereocenters. The Bertz CT molecular complexity index is 1160. The van der Waals surface area contributed by atoms with Crippen LogP contribution in [0.5, 0.6) is 5.75 Å². The normalized spacial score (nSPS) is 11.1. The predicted molar refractivity (Wildman–Crippen MR) is 109 cm³/mol. The van der Waals surface area contributed by atoms with Crippen molar-refractivity contribution in [2.45, 2.75) is 20.1 Å². The fraction of sp³-hybridized carbons (Fsp3) is 0.227. The molecule has 3 heterocycles. The van der Waals surface area contributed by atoms with Gasteiger partial charge in [0.05, 0.1) is 36.1 Å². The van der Waals surface area contributed by atoms with Gasteiger partial charge in [0.1, 0.15) is 12.4 Å². The van der Waals surface area contributed by atoms with Crippen LogP contribution in [0.1, 0.15) is 28.7 Å². The van der Waals surface area contributed by atoms with E-state index < -0.39 is 5.97 Å². The first-order valence-corrected chi connectivity index (χ1v) is 9.34. The number of hydrogen-bond acceptors (Lipinski definition) is 6. The summed E-state index contributed by atoms with van der Waals surface area (Å²) < 4.78 is 16.7. The number of carbonyl (C=O) groups is 1. The van der Waals surface area contributed by atoms with Crippen LogP contribution in [0.4, 0.5) is 0 Å². The minimum absolute atomic E-state index is 0.222. The lowest BCUT2D eigenvalue weighted by atomic mass is 10.0. The molecule has 0 fully saturated rings. The number of methoxy groups -OCH3 is 1. The molecule has 0 radical (unpaired) electrons. The molecule has 0 aliphatic heterocycles. The van der Waals surface area contributed by atoms with Crippen molar-refractivity contribution in [3.8, 4) is 5.75 Å². The number of carbonyl (C=O) groups excluding carboxylic acids is 1. The van der Waals surface area contributed by atoms with Gasteiger partial charge in [-0.25, -0.2) is 9.78 Å². The van der Waals surface area contributed by atoms with E-state index in [0.29, 0.717) is 17.9 Å². The molecule has 7 nitrogen and oxygen atoms in total. The third-order valence-electron chi connectivity index (χ3n) is 4.58. The number of esters is 1. The molecule has 0 aliphatic carbocycles. The van der Waals surface area contributed by atoms with Crippen LogP contribution >= 0.6 is 0 Å². The summed E-state index contributed by atoms with van der Waals surface area (Å²) in [6.07, 6.45) is 3.38. The standard InChI is InChI=1S/C22H21N3O4/c1-3-28-22(26)21-15(13-27-2)19-17(11-24-21)25-16-8-6-9-18(20(16)19)29-12-14-7-4-5-10-23-14/h4-11,25H,3,12-13H2,1-2H3. The highest BCUT2D eigenvalue weighted by Crippen LogP contribution is 2.36. The fourth-order valence-corrected chi connectivity index (χ4v) is 3.39. The Balaban J connectivity index is 1.87. The number of aromatic nitrogens is 3. The van der Waals surface area contributed by atoms with Gasteiger partial charge in [-0.15, -0.1) is 0 Å². The van der Waals surface area contributed by atoms with Crippen LogP contribution in [0, 0.1) is 0 Å². The lowest BCUT2D eigenvalue weighted by Gasteiger charge is -2.11. The van der Waals surface area contributed by atoms with Crippen molar-refractivity contribution >= 4 is 27.8 Å². The first-order valence-electron chi connectivity index (χ1n) is 9.34. The van der Waals surface area contributed by atoms with Crippen LogP contribution in [0.3, 0.4) is 0 Å².